The van der Waals surface area contributed by atoms with Crippen LogP contribution < -0.4 is 0 Å². The molecular weight excluding hydrogens is 432 g/mol. The second-order valence-corrected chi connectivity index (χ2v) is 12.8. The van der Waals surface area contributed by atoms with E-state index >= 15 is 0 Å². The molecule has 4 aliphatic carbocycles. The first-order valence-electron chi connectivity index (χ1n) is 13.6. The van der Waals surface area contributed by atoms with Gasteiger partial charge in [0.25, 0.3) is 0 Å². The largest absolute Gasteiger partial charge is 0.462 e. The summed E-state index contributed by atoms with van der Waals surface area (Å²) in [6, 6.07) is 0. The first-order valence-corrected chi connectivity index (χ1v) is 13.6. The fraction of sp³-hybridized carbons (Fsp3) is 0.929. The Hall–Kier alpha value is -1.14. The van der Waals surface area contributed by atoms with Gasteiger partial charge in [0.1, 0.15) is 12.2 Å². The van der Waals surface area contributed by atoms with Crippen LogP contribution in [-0.2, 0) is 28.5 Å². The number of rotatable bonds is 3. The fourth-order valence-corrected chi connectivity index (χ4v) is 9.65. The van der Waals surface area contributed by atoms with Crippen molar-refractivity contribution in [2.24, 2.45) is 46.3 Å². The van der Waals surface area contributed by atoms with Gasteiger partial charge in [-0.05, 0) is 74.5 Å². The highest BCUT2D eigenvalue weighted by atomic mass is 16.7. The van der Waals surface area contributed by atoms with Crippen molar-refractivity contribution in [2.45, 2.75) is 104 Å². The predicted molar refractivity (Wildman–Crippen MR) is 127 cm³/mol. The van der Waals surface area contributed by atoms with Crippen molar-refractivity contribution in [2.75, 3.05) is 13.2 Å². The minimum Gasteiger partial charge on any atom is -0.462 e. The molecule has 0 spiro atoms. The van der Waals surface area contributed by atoms with Crippen LogP contribution in [0.15, 0.2) is 0 Å². The second-order valence-electron chi connectivity index (χ2n) is 12.8. The molecule has 1 heterocycles. The van der Waals surface area contributed by atoms with Crippen molar-refractivity contribution in [3.8, 4) is 0 Å². The Morgan fingerprint density at radius 1 is 0.853 bits per heavy atom. The maximum Gasteiger partial charge on any atom is 0.302 e. The van der Waals surface area contributed by atoms with Gasteiger partial charge in [-0.1, -0.05) is 27.2 Å². The highest BCUT2D eigenvalue weighted by Gasteiger charge is 2.69. The third kappa shape index (κ3) is 3.65. The number of esters is 2. The molecule has 6 heteroatoms. The van der Waals surface area contributed by atoms with Gasteiger partial charge in [0.05, 0.1) is 13.2 Å². The van der Waals surface area contributed by atoms with Gasteiger partial charge < -0.3 is 18.9 Å². The van der Waals surface area contributed by atoms with Gasteiger partial charge in [0.15, 0.2) is 5.79 Å². The summed E-state index contributed by atoms with van der Waals surface area (Å²) >= 11 is 0. The van der Waals surface area contributed by atoms with Gasteiger partial charge in [-0.25, -0.2) is 0 Å². The molecule has 0 unspecified atom stereocenters. The summed E-state index contributed by atoms with van der Waals surface area (Å²) in [5.74, 6) is 1.29. The van der Waals surface area contributed by atoms with Crippen molar-refractivity contribution in [3.63, 3.8) is 0 Å². The normalized spacial score (nSPS) is 49.5. The molecule has 34 heavy (non-hydrogen) atoms. The van der Waals surface area contributed by atoms with Crippen LogP contribution >= 0.6 is 0 Å². The molecule has 0 radical (unpaired) electrons. The number of hydrogen-bond donors (Lipinski definition) is 0. The van der Waals surface area contributed by atoms with Crippen LogP contribution in [0.3, 0.4) is 0 Å². The standard InChI is InChI=1S/C28H44O6/c1-16-9-10-26(4)19(13-16)14-22(33-17(2)29)25-20-7-8-23(28(6)31-11-12-32-28)27(20,5)24(15-21(25)26)34-18(3)30/h16,19-25H,7-15H2,1-6H3/t16-,19+,20+,21+,22-,23+,24+,25+,26+,27+/m1/s1. The minimum atomic E-state index is -0.660. The van der Waals surface area contributed by atoms with Crippen molar-refractivity contribution in [1.29, 1.82) is 0 Å². The molecule has 4 saturated carbocycles. The highest BCUT2D eigenvalue weighted by Crippen LogP contribution is 2.70. The summed E-state index contributed by atoms with van der Waals surface area (Å²) < 4.78 is 24.7. The molecule has 0 aromatic carbocycles. The number of fused-ring (bicyclic) bond motifs is 5. The average Bonchev–Trinajstić information content (AvgIpc) is 3.34. The van der Waals surface area contributed by atoms with Gasteiger partial charge >= 0.3 is 11.9 Å². The quantitative estimate of drug-likeness (QED) is 0.526. The van der Waals surface area contributed by atoms with E-state index < -0.39 is 5.79 Å². The summed E-state index contributed by atoms with van der Waals surface area (Å²) in [7, 11) is 0. The summed E-state index contributed by atoms with van der Waals surface area (Å²) in [4.78, 5) is 24.6. The summed E-state index contributed by atoms with van der Waals surface area (Å²) in [6.45, 7) is 13.5. The topological polar surface area (TPSA) is 71.1 Å². The molecule has 5 aliphatic rings. The van der Waals surface area contributed by atoms with E-state index in [0.29, 0.717) is 36.9 Å². The number of carbonyl (C=O) groups is 2. The SMILES string of the molecule is CC(=O)O[C@H]1C[C@H]2[C@@H]([C@H](OC(C)=O)C[C@@H]3C[C@H](C)CC[C@@]32C)[C@@H]2CC[C@H](C3(C)OCCO3)[C@@]12C. The Labute approximate surface area is 204 Å². The maximum atomic E-state index is 12.4. The zero-order valence-electron chi connectivity index (χ0n) is 21.9. The Kier molecular flexibility index (Phi) is 6.11. The van der Waals surface area contributed by atoms with Gasteiger partial charge in [-0.15, -0.1) is 0 Å². The molecule has 0 amide bonds. The summed E-state index contributed by atoms with van der Waals surface area (Å²) in [5.41, 5.74) is -0.0919. The highest BCUT2D eigenvalue weighted by molar-refractivity contribution is 5.66. The third-order valence-electron chi connectivity index (χ3n) is 11.1. The van der Waals surface area contributed by atoms with E-state index in [0.717, 1.165) is 25.7 Å². The molecule has 0 N–H and O–H groups in total. The lowest BCUT2D eigenvalue weighted by atomic mass is 9.42. The van der Waals surface area contributed by atoms with Crippen LogP contribution in [-0.4, -0.2) is 43.1 Å². The molecule has 0 aromatic heterocycles. The van der Waals surface area contributed by atoms with E-state index in [1.165, 1.54) is 26.2 Å². The second kappa shape index (κ2) is 8.47. The lowest BCUT2D eigenvalue weighted by molar-refractivity contribution is -0.256. The van der Waals surface area contributed by atoms with E-state index in [9.17, 15) is 9.59 Å². The van der Waals surface area contributed by atoms with E-state index in [2.05, 4.69) is 27.7 Å². The van der Waals surface area contributed by atoms with Crippen LogP contribution in [0.1, 0.15) is 86.5 Å². The van der Waals surface area contributed by atoms with Crippen LogP contribution in [0.25, 0.3) is 0 Å². The zero-order valence-corrected chi connectivity index (χ0v) is 21.9. The van der Waals surface area contributed by atoms with Crippen molar-refractivity contribution >= 4 is 11.9 Å². The number of ether oxygens (including phenoxy) is 4. The van der Waals surface area contributed by atoms with Crippen molar-refractivity contribution in [3.05, 3.63) is 0 Å². The van der Waals surface area contributed by atoms with Crippen LogP contribution in [0, 0.1) is 46.3 Å². The summed E-state index contributed by atoms with van der Waals surface area (Å²) in [5, 5.41) is 0. The maximum absolute atomic E-state index is 12.4. The minimum absolute atomic E-state index is 0.0644. The van der Waals surface area contributed by atoms with Gasteiger partial charge in [-0.2, -0.15) is 0 Å². The van der Waals surface area contributed by atoms with E-state index in [4.69, 9.17) is 18.9 Å². The smallest absolute Gasteiger partial charge is 0.302 e. The lowest BCUT2D eigenvalue weighted by Gasteiger charge is -2.64. The van der Waals surface area contributed by atoms with Crippen molar-refractivity contribution < 1.29 is 28.5 Å². The third-order valence-corrected chi connectivity index (χ3v) is 11.1. The molecule has 192 valence electrons. The Bertz CT molecular complexity index is 820. The predicted octanol–water partition coefficient (Wildman–Crippen LogP) is 5.13. The van der Waals surface area contributed by atoms with Gasteiger partial charge in [0, 0.05) is 31.1 Å². The molecule has 6 nitrogen and oxygen atoms in total. The van der Waals surface area contributed by atoms with E-state index in [-0.39, 0.29) is 46.8 Å². The Morgan fingerprint density at radius 2 is 1.53 bits per heavy atom. The molecular formula is C28H44O6. The average molecular weight is 477 g/mol. The molecule has 5 fully saturated rings. The number of carbonyl (C=O) groups excluding carboxylic acids is 2. The summed E-state index contributed by atoms with van der Waals surface area (Å²) in [6.07, 6.45) is 7.20. The van der Waals surface area contributed by atoms with E-state index in [1.807, 2.05) is 0 Å². The monoisotopic (exact) mass is 476 g/mol. The first-order chi connectivity index (χ1) is 16.0. The Morgan fingerprint density at radius 3 is 2.18 bits per heavy atom. The van der Waals surface area contributed by atoms with Gasteiger partial charge in [-0.3, -0.25) is 9.59 Å². The number of hydrogen-bond acceptors (Lipinski definition) is 6. The van der Waals surface area contributed by atoms with Crippen LogP contribution in [0.4, 0.5) is 0 Å². The van der Waals surface area contributed by atoms with Crippen molar-refractivity contribution in [1.82, 2.24) is 0 Å². The molecule has 0 aromatic rings. The van der Waals surface area contributed by atoms with Gasteiger partial charge in [0.2, 0.25) is 0 Å². The first kappa shape index (κ1) is 24.5. The molecule has 5 rings (SSSR count). The fourth-order valence-electron chi connectivity index (χ4n) is 9.65. The van der Waals surface area contributed by atoms with Crippen LogP contribution in [0.2, 0.25) is 0 Å². The van der Waals surface area contributed by atoms with Crippen LogP contribution in [0.5, 0.6) is 0 Å². The lowest BCUT2D eigenvalue weighted by Crippen LogP contribution is -2.64. The molecule has 1 saturated heterocycles. The Balaban J connectivity index is 1.58. The van der Waals surface area contributed by atoms with E-state index in [1.54, 1.807) is 6.92 Å². The zero-order chi connectivity index (χ0) is 24.5. The molecule has 1 aliphatic heterocycles. The molecule has 0 bridgehead atoms. The molecule has 10 atom stereocenters.